The lowest BCUT2D eigenvalue weighted by Gasteiger charge is -2.07. The summed E-state index contributed by atoms with van der Waals surface area (Å²) in [5.74, 6) is 0. The Balaban J connectivity index is 1.66. The van der Waals surface area contributed by atoms with Crippen LogP contribution in [0.5, 0.6) is 0 Å². The molecule has 0 unspecified atom stereocenters. The molecule has 0 amide bonds. The average molecular weight is 330 g/mol. The maximum absolute atomic E-state index is 5.44. The lowest BCUT2D eigenvalue weighted by molar-refractivity contribution is 0.947. The number of fused-ring (bicyclic) bond motifs is 1. The molecule has 0 fully saturated rings. The van der Waals surface area contributed by atoms with Crippen molar-refractivity contribution in [2.24, 2.45) is 0 Å². The van der Waals surface area contributed by atoms with Gasteiger partial charge in [0.2, 0.25) is 0 Å². The minimum absolute atomic E-state index is 0.533. The fraction of sp³-hybridized carbons (Fsp3) is 0. The molecule has 4 aromatic rings. The predicted molar refractivity (Wildman–Crippen MR) is 101 cm³/mol. The van der Waals surface area contributed by atoms with Gasteiger partial charge >= 0.3 is 0 Å². The first kappa shape index (κ1) is 14.5. The topological polar surface area (TPSA) is 42.7 Å². The number of anilines is 1. The van der Waals surface area contributed by atoms with Crippen molar-refractivity contribution in [1.82, 2.24) is 14.8 Å². The van der Waals surface area contributed by atoms with E-state index in [-0.39, 0.29) is 0 Å². The number of hydrogen-bond acceptors (Lipinski definition) is 3. The van der Waals surface area contributed by atoms with Crippen LogP contribution in [0.15, 0.2) is 79.3 Å². The second-order valence-electron chi connectivity index (χ2n) is 5.35. The van der Waals surface area contributed by atoms with E-state index in [4.69, 9.17) is 12.2 Å². The summed E-state index contributed by atoms with van der Waals surface area (Å²) in [7, 11) is 0. The number of nitrogens with one attached hydrogen (secondary N) is 1. The van der Waals surface area contributed by atoms with Gasteiger partial charge in [-0.1, -0.05) is 36.4 Å². The molecule has 0 saturated heterocycles. The van der Waals surface area contributed by atoms with Crippen LogP contribution in [0.2, 0.25) is 0 Å². The molecule has 2 heterocycles. The van der Waals surface area contributed by atoms with Crippen LogP contribution in [0.25, 0.3) is 22.0 Å². The van der Waals surface area contributed by atoms with Gasteiger partial charge in [0.1, 0.15) is 0 Å². The second kappa shape index (κ2) is 6.22. The van der Waals surface area contributed by atoms with Gasteiger partial charge in [-0.05, 0) is 42.0 Å². The van der Waals surface area contributed by atoms with Gasteiger partial charge in [-0.2, -0.15) is 5.10 Å². The molecule has 4 nitrogen and oxygen atoms in total. The number of aromatic nitrogens is 3. The summed E-state index contributed by atoms with van der Waals surface area (Å²) < 4.78 is 1.67. The molecule has 0 aliphatic rings. The van der Waals surface area contributed by atoms with E-state index in [1.807, 2.05) is 73.2 Å². The summed E-state index contributed by atoms with van der Waals surface area (Å²) in [6, 6.07) is 19.9. The second-order valence-corrected chi connectivity index (χ2v) is 5.73. The van der Waals surface area contributed by atoms with Crippen molar-refractivity contribution >= 4 is 33.9 Å². The molecule has 4 rings (SSSR count). The molecule has 0 aliphatic heterocycles. The predicted octanol–water partition coefficient (Wildman–Crippen LogP) is 4.34. The molecule has 2 aromatic carbocycles. The molecule has 116 valence electrons. The first-order valence-corrected chi connectivity index (χ1v) is 7.97. The molecule has 0 atom stereocenters. The van der Waals surface area contributed by atoms with Gasteiger partial charge in [0.05, 0.1) is 11.7 Å². The monoisotopic (exact) mass is 330 g/mol. The first-order chi connectivity index (χ1) is 11.8. The van der Waals surface area contributed by atoms with E-state index in [1.165, 1.54) is 0 Å². The van der Waals surface area contributed by atoms with E-state index in [9.17, 15) is 0 Å². The van der Waals surface area contributed by atoms with E-state index < -0.39 is 0 Å². The van der Waals surface area contributed by atoms with E-state index in [1.54, 1.807) is 4.68 Å². The van der Waals surface area contributed by atoms with Crippen LogP contribution in [-0.4, -0.2) is 19.9 Å². The van der Waals surface area contributed by atoms with Gasteiger partial charge in [0, 0.05) is 29.0 Å². The van der Waals surface area contributed by atoms with Crippen LogP contribution < -0.4 is 5.32 Å². The highest BCUT2D eigenvalue weighted by atomic mass is 32.1. The lowest BCUT2D eigenvalue weighted by Crippen LogP contribution is -2.19. The number of hydrogen-bond donors (Lipinski definition) is 1. The van der Waals surface area contributed by atoms with Crippen molar-refractivity contribution in [2.75, 3.05) is 5.32 Å². The van der Waals surface area contributed by atoms with Crippen molar-refractivity contribution in [2.45, 2.75) is 0 Å². The molecule has 1 N–H and O–H groups in total. The Bertz CT molecular complexity index is 1000. The van der Waals surface area contributed by atoms with Crippen LogP contribution in [0.3, 0.4) is 0 Å². The van der Waals surface area contributed by atoms with Crippen LogP contribution in [-0.2, 0) is 0 Å². The third kappa shape index (κ3) is 2.77. The normalized spacial score (nSPS) is 10.7. The Morgan fingerprint density at radius 3 is 2.62 bits per heavy atom. The highest BCUT2D eigenvalue weighted by Gasteiger charge is 2.09. The van der Waals surface area contributed by atoms with Gasteiger partial charge in [-0.25, -0.2) is 4.68 Å². The Labute approximate surface area is 144 Å². The minimum Gasteiger partial charge on any atom is -0.331 e. The van der Waals surface area contributed by atoms with Crippen molar-refractivity contribution in [3.8, 4) is 11.1 Å². The Morgan fingerprint density at radius 2 is 1.75 bits per heavy atom. The SMILES string of the molecule is S=C(Nc1ccccc1)n1cc(-c2ccnc3ccccc23)cn1. The van der Waals surface area contributed by atoms with Gasteiger partial charge in [-0.3, -0.25) is 4.98 Å². The number of thiocarbonyl (C=S) groups is 1. The van der Waals surface area contributed by atoms with E-state index in [0.717, 1.165) is 27.7 Å². The maximum atomic E-state index is 5.44. The third-order valence-electron chi connectivity index (χ3n) is 3.78. The smallest absolute Gasteiger partial charge is 0.198 e. The molecule has 0 saturated carbocycles. The average Bonchev–Trinajstić information content (AvgIpc) is 3.12. The summed E-state index contributed by atoms with van der Waals surface area (Å²) in [6.45, 7) is 0. The molecule has 0 bridgehead atoms. The summed E-state index contributed by atoms with van der Waals surface area (Å²) >= 11 is 5.44. The van der Waals surface area contributed by atoms with Crippen LogP contribution in [0.4, 0.5) is 5.69 Å². The molecule has 2 aromatic heterocycles. The van der Waals surface area contributed by atoms with Crippen LogP contribution in [0.1, 0.15) is 0 Å². The number of rotatable bonds is 2. The van der Waals surface area contributed by atoms with Crippen LogP contribution in [0, 0.1) is 0 Å². The van der Waals surface area contributed by atoms with Gasteiger partial charge in [0.25, 0.3) is 0 Å². The minimum atomic E-state index is 0.533. The summed E-state index contributed by atoms with van der Waals surface area (Å²) in [4.78, 5) is 4.40. The molecule has 5 heteroatoms. The number of para-hydroxylation sites is 2. The molecule has 0 spiro atoms. The summed E-state index contributed by atoms with van der Waals surface area (Å²) in [6.07, 6.45) is 5.57. The number of nitrogens with zero attached hydrogens (tertiary/aromatic N) is 3. The molecule has 24 heavy (non-hydrogen) atoms. The highest BCUT2D eigenvalue weighted by Crippen LogP contribution is 2.26. The van der Waals surface area contributed by atoms with Gasteiger partial charge < -0.3 is 5.32 Å². The molecular weight excluding hydrogens is 316 g/mol. The maximum Gasteiger partial charge on any atom is 0.198 e. The van der Waals surface area contributed by atoms with E-state index >= 15 is 0 Å². The fourth-order valence-electron chi connectivity index (χ4n) is 2.62. The summed E-state index contributed by atoms with van der Waals surface area (Å²) in [5.41, 5.74) is 4.00. The fourth-order valence-corrected chi connectivity index (χ4v) is 2.84. The number of pyridine rings is 1. The number of benzene rings is 2. The zero-order valence-electron chi connectivity index (χ0n) is 12.8. The summed E-state index contributed by atoms with van der Waals surface area (Å²) in [5, 5.41) is 9.20. The molecule has 0 aliphatic carbocycles. The van der Waals surface area contributed by atoms with Gasteiger partial charge in [0.15, 0.2) is 5.11 Å². The Kier molecular flexibility index (Phi) is 3.76. The highest BCUT2D eigenvalue weighted by molar-refractivity contribution is 7.80. The third-order valence-corrected chi connectivity index (χ3v) is 4.06. The van der Waals surface area contributed by atoms with Crippen molar-refractivity contribution in [1.29, 1.82) is 0 Å². The van der Waals surface area contributed by atoms with Crippen molar-refractivity contribution in [3.63, 3.8) is 0 Å². The van der Waals surface area contributed by atoms with Crippen molar-refractivity contribution in [3.05, 3.63) is 79.3 Å². The molecule has 0 radical (unpaired) electrons. The zero-order valence-corrected chi connectivity index (χ0v) is 13.6. The first-order valence-electron chi connectivity index (χ1n) is 7.56. The molecular formula is C19H14N4S. The van der Waals surface area contributed by atoms with E-state index in [2.05, 4.69) is 21.5 Å². The lowest BCUT2D eigenvalue weighted by atomic mass is 10.0. The van der Waals surface area contributed by atoms with E-state index in [0.29, 0.717) is 5.11 Å². The van der Waals surface area contributed by atoms with Gasteiger partial charge in [-0.15, -0.1) is 0 Å². The largest absolute Gasteiger partial charge is 0.331 e. The Hall–Kier alpha value is -3.05. The quantitative estimate of drug-likeness (QED) is 0.555. The standard InChI is InChI=1S/C19H14N4S/c24-19(22-15-6-2-1-3-7-15)23-13-14(12-21-23)16-10-11-20-18-9-5-4-8-17(16)18/h1-13H,(H,22,24). The van der Waals surface area contributed by atoms with Crippen LogP contribution >= 0.6 is 12.2 Å². The zero-order chi connectivity index (χ0) is 16.4. The van der Waals surface area contributed by atoms with Crippen molar-refractivity contribution < 1.29 is 0 Å². The Morgan fingerprint density at radius 1 is 0.958 bits per heavy atom.